The van der Waals surface area contributed by atoms with Gasteiger partial charge in [0.15, 0.2) is 0 Å². The summed E-state index contributed by atoms with van der Waals surface area (Å²) in [6, 6.07) is 81.2. The van der Waals surface area contributed by atoms with E-state index in [1.54, 1.807) is 0 Å². The first-order chi connectivity index (χ1) is 37.2. The molecule has 0 N–H and O–H groups in total. The maximum absolute atomic E-state index is 2.68. The minimum atomic E-state index is -0.321. The van der Waals surface area contributed by atoms with E-state index in [2.05, 4.69) is 282 Å². The van der Waals surface area contributed by atoms with Crippen LogP contribution in [0.1, 0.15) is 99.9 Å². The van der Waals surface area contributed by atoms with Crippen LogP contribution in [0.15, 0.2) is 212 Å². The SMILES string of the molecule is CC1(C)c2ccccc2-c2ccc(N(c3ccc4ccccc4c3)c3cc4c5c(c3)c3cc(N(c6ccc7c(c6)C(C)(C)c6ccccc6-7)c6cccc7ccccc67)cc6c3n5-c3c(cccc3C6(C)C)C4(C)C)cc21. The molecule has 16 rings (SSSR count). The fraction of sp³-hybridized carbons (Fsp3) is 0.162. The number of para-hydroxylation sites is 1. The van der Waals surface area contributed by atoms with E-state index < -0.39 is 0 Å². The predicted octanol–water partition coefficient (Wildman–Crippen LogP) is 19.9. The lowest BCUT2D eigenvalue weighted by molar-refractivity contribution is 0.593. The van der Waals surface area contributed by atoms with Gasteiger partial charge >= 0.3 is 0 Å². The van der Waals surface area contributed by atoms with Crippen LogP contribution in [0.25, 0.3) is 71.3 Å². The zero-order valence-electron chi connectivity index (χ0n) is 45.0. The molecule has 4 aliphatic rings. The van der Waals surface area contributed by atoms with E-state index in [1.165, 1.54) is 121 Å². The number of hydrogen-bond donors (Lipinski definition) is 0. The van der Waals surface area contributed by atoms with Crippen molar-refractivity contribution < 1.29 is 0 Å². The van der Waals surface area contributed by atoms with Crippen LogP contribution in [0.3, 0.4) is 0 Å². The Balaban J connectivity index is 1.01. The zero-order chi connectivity index (χ0) is 52.1. The van der Waals surface area contributed by atoms with Crippen LogP contribution in [0.4, 0.5) is 34.1 Å². The minimum absolute atomic E-state index is 0.160. The van der Waals surface area contributed by atoms with E-state index in [1.807, 2.05) is 0 Å². The molecule has 0 radical (unpaired) electrons. The van der Waals surface area contributed by atoms with E-state index in [4.69, 9.17) is 0 Å². The van der Waals surface area contributed by atoms with E-state index >= 15 is 0 Å². The lowest BCUT2D eigenvalue weighted by Gasteiger charge is -2.42. The van der Waals surface area contributed by atoms with Gasteiger partial charge < -0.3 is 14.4 Å². The molecular formula is C74H59N3. The van der Waals surface area contributed by atoms with Gasteiger partial charge in [-0.2, -0.15) is 0 Å². The van der Waals surface area contributed by atoms with Crippen LogP contribution < -0.4 is 9.80 Å². The largest absolute Gasteiger partial charge is 0.310 e. The molecule has 12 aromatic rings. The Labute approximate surface area is 451 Å². The van der Waals surface area contributed by atoms with E-state index in [-0.39, 0.29) is 21.7 Å². The van der Waals surface area contributed by atoms with Gasteiger partial charge in [0.25, 0.3) is 0 Å². The highest BCUT2D eigenvalue weighted by Gasteiger charge is 2.45. The Bertz CT molecular complexity index is 4590. The van der Waals surface area contributed by atoms with Gasteiger partial charge in [0.1, 0.15) is 0 Å². The molecule has 77 heavy (non-hydrogen) atoms. The van der Waals surface area contributed by atoms with Crippen molar-refractivity contribution in [1.29, 1.82) is 0 Å². The van der Waals surface area contributed by atoms with E-state index in [9.17, 15) is 0 Å². The standard InChI is InChI=1S/C74H59N3/c1-71(2)59-26-15-13-24-53(59)55-35-33-48(40-63(55)71)75(47-32-31-44-19-9-10-21-46(44)37-47)50-38-57-58-39-51(43-66-69(58)77-68(57)65(42-50)73(5,6)61-28-18-29-62(70(61)77)74(66,7)8)76(67-30-17-22-45-20-11-12-23-52(45)67)49-34-36-56-54-25-14-16-27-60(54)72(3,4)64(56)41-49/h9-43H,1-8H3. The van der Waals surface area contributed by atoms with E-state index in [0.29, 0.717) is 0 Å². The summed E-state index contributed by atoms with van der Waals surface area (Å²) >= 11 is 0. The van der Waals surface area contributed by atoms with Crippen molar-refractivity contribution in [3.8, 4) is 27.9 Å². The molecule has 0 fully saturated rings. The summed E-state index contributed by atoms with van der Waals surface area (Å²) in [5.74, 6) is 0. The topological polar surface area (TPSA) is 11.4 Å². The lowest BCUT2D eigenvalue weighted by Crippen LogP contribution is -2.33. The quantitative estimate of drug-likeness (QED) is 0.164. The highest BCUT2D eigenvalue weighted by Crippen LogP contribution is 2.59. The van der Waals surface area contributed by atoms with Crippen LogP contribution >= 0.6 is 0 Å². The van der Waals surface area contributed by atoms with Gasteiger partial charge in [-0.3, -0.25) is 0 Å². The normalized spacial score (nSPS) is 15.9. The molecule has 0 saturated heterocycles. The van der Waals surface area contributed by atoms with Gasteiger partial charge in [0.05, 0.1) is 22.4 Å². The second-order valence-corrected chi connectivity index (χ2v) is 24.6. The zero-order valence-corrected chi connectivity index (χ0v) is 45.0. The molecule has 11 aromatic carbocycles. The molecule has 3 heterocycles. The summed E-state index contributed by atoms with van der Waals surface area (Å²) in [5.41, 5.74) is 26.1. The lowest BCUT2D eigenvalue weighted by atomic mass is 9.68. The molecule has 3 heteroatoms. The maximum atomic E-state index is 2.68. The Morgan fingerprint density at radius 3 is 1.30 bits per heavy atom. The first-order valence-corrected chi connectivity index (χ1v) is 27.6. The summed E-state index contributed by atoms with van der Waals surface area (Å²) in [6.07, 6.45) is 0. The van der Waals surface area contributed by atoms with Gasteiger partial charge in [-0.25, -0.2) is 0 Å². The fourth-order valence-electron chi connectivity index (χ4n) is 15.0. The van der Waals surface area contributed by atoms with Crippen LogP contribution in [-0.4, -0.2) is 4.57 Å². The first kappa shape index (κ1) is 44.6. The number of benzene rings is 11. The van der Waals surface area contributed by atoms with Crippen LogP contribution in [-0.2, 0) is 21.7 Å². The summed E-state index contributed by atoms with van der Waals surface area (Å²) in [6.45, 7) is 19.4. The summed E-state index contributed by atoms with van der Waals surface area (Å²) in [4.78, 5) is 5.12. The molecule has 1 aromatic heterocycles. The molecule has 370 valence electrons. The third kappa shape index (κ3) is 5.82. The third-order valence-electron chi connectivity index (χ3n) is 19.0. The van der Waals surface area contributed by atoms with Gasteiger partial charge in [-0.05, 0) is 150 Å². The monoisotopic (exact) mass is 989 g/mol. The Kier molecular flexibility index (Phi) is 8.72. The van der Waals surface area contributed by atoms with Crippen molar-refractivity contribution >= 4 is 77.5 Å². The highest BCUT2D eigenvalue weighted by atomic mass is 15.2. The third-order valence-corrected chi connectivity index (χ3v) is 19.0. The van der Waals surface area contributed by atoms with Crippen molar-refractivity contribution in [3.63, 3.8) is 0 Å². The van der Waals surface area contributed by atoms with Crippen molar-refractivity contribution in [2.75, 3.05) is 9.80 Å². The Morgan fingerprint density at radius 1 is 0.273 bits per heavy atom. The number of aromatic nitrogens is 1. The molecule has 0 saturated carbocycles. The number of fused-ring (bicyclic) bond motifs is 9. The van der Waals surface area contributed by atoms with Crippen molar-refractivity contribution in [3.05, 3.63) is 257 Å². The first-order valence-electron chi connectivity index (χ1n) is 27.6. The molecule has 0 unspecified atom stereocenters. The summed E-state index contributed by atoms with van der Waals surface area (Å²) in [7, 11) is 0. The molecule has 2 aliphatic heterocycles. The second kappa shape index (κ2) is 15.0. The van der Waals surface area contributed by atoms with Crippen LogP contribution in [0.5, 0.6) is 0 Å². The van der Waals surface area contributed by atoms with Gasteiger partial charge in [-0.1, -0.05) is 201 Å². The second-order valence-electron chi connectivity index (χ2n) is 24.6. The smallest absolute Gasteiger partial charge is 0.0583 e. The molecule has 0 atom stereocenters. The number of rotatable bonds is 6. The molecule has 3 nitrogen and oxygen atoms in total. The summed E-state index contributed by atoms with van der Waals surface area (Å²) in [5, 5.41) is 7.44. The number of anilines is 6. The van der Waals surface area contributed by atoms with Gasteiger partial charge in [0.2, 0.25) is 0 Å². The van der Waals surface area contributed by atoms with Crippen molar-refractivity contribution in [1.82, 2.24) is 4.57 Å². The number of hydrogen-bond acceptors (Lipinski definition) is 2. The molecule has 0 bridgehead atoms. The van der Waals surface area contributed by atoms with Crippen LogP contribution in [0, 0.1) is 0 Å². The predicted molar refractivity (Wildman–Crippen MR) is 325 cm³/mol. The van der Waals surface area contributed by atoms with Gasteiger partial charge in [-0.15, -0.1) is 0 Å². The summed E-state index contributed by atoms with van der Waals surface area (Å²) < 4.78 is 2.68. The Morgan fingerprint density at radius 2 is 0.688 bits per heavy atom. The van der Waals surface area contributed by atoms with E-state index in [0.717, 1.165) is 28.4 Å². The fourth-order valence-corrected chi connectivity index (χ4v) is 15.0. The average molecular weight is 990 g/mol. The average Bonchev–Trinajstić information content (AvgIpc) is 3.69. The van der Waals surface area contributed by atoms with Crippen molar-refractivity contribution in [2.45, 2.75) is 77.0 Å². The molecule has 0 spiro atoms. The van der Waals surface area contributed by atoms with Crippen LogP contribution in [0.2, 0.25) is 0 Å². The molecule has 0 amide bonds. The molecule has 2 aliphatic carbocycles. The minimum Gasteiger partial charge on any atom is -0.310 e. The molecular weight excluding hydrogens is 931 g/mol. The van der Waals surface area contributed by atoms with Gasteiger partial charge in [0, 0.05) is 66.3 Å². The number of nitrogens with zero attached hydrogens (tertiary/aromatic N) is 3. The maximum Gasteiger partial charge on any atom is 0.0583 e. The highest BCUT2D eigenvalue weighted by molar-refractivity contribution is 6.17. The van der Waals surface area contributed by atoms with Crippen molar-refractivity contribution in [2.24, 2.45) is 0 Å². The Hall–Kier alpha value is -8.66.